The number of aryl methyl sites for hydroxylation is 1. The van der Waals surface area contributed by atoms with Crippen LogP contribution in [0.3, 0.4) is 0 Å². The van der Waals surface area contributed by atoms with Crippen molar-refractivity contribution in [2.45, 2.75) is 19.3 Å². The van der Waals surface area contributed by atoms with Crippen molar-refractivity contribution in [2.24, 2.45) is 13.0 Å². The lowest BCUT2D eigenvalue weighted by Crippen LogP contribution is -2.35. The van der Waals surface area contributed by atoms with E-state index in [1.165, 1.54) is 6.42 Å². The second-order valence-electron chi connectivity index (χ2n) is 8.19. The van der Waals surface area contributed by atoms with Crippen LogP contribution in [0.5, 0.6) is 0 Å². The van der Waals surface area contributed by atoms with E-state index in [2.05, 4.69) is 30.7 Å². The minimum atomic E-state index is -0.361. The number of carbonyl (C=O) groups excluding carboxylic acids is 1. The number of fused-ring (bicyclic) bond motifs is 1. The maximum Gasteiger partial charge on any atom is 0.320 e. The molecule has 3 heterocycles. The van der Waals surface area contributed by atoms with Gasteiger partial charge in [0.1, 0.15) is 17.1 Å². The molecule has 1 saturated carbocycles. The van der Waals surface area contributed by atoms with E-state index in [-0.39, 0.29) is 17.7 Å². The summed E-state index contributed by atoms with van der Waals surface area (Å²) in [5.74, 6) is 0.819. The molecule has 0 bridgehead atoms. The smallest absolute Gasteiger partial charge is 0.320 e. The first kappa shape index (κ1) is 21.1. The Kier molecular flexibility index (Phi) is 5.55. The Bertz CT molecular complexity index is 1350. The molecule has 9 nitrogen and oxygen atoms in total. The molecule has 0 spiro atoms. The molecule has 1 aliphatic rings. The first-order valence-electron chi connectivity index (χ1n) is 10.7. The van der Waals surface area contributed by atoms with Crippen molar-refractivity contribution in [3.63, 3.8) is 0 Å². The molecule has 1 aliphatic carbocycles. The lowest BCUT2D eigenvalue weighted by atomic mass is 9.85. The minimum absolute atomic E-state index is 0.103. The summed E-state index contributed by atoms with van der Waals surface area (Å²) in [6.07, 6.45) is 7.01. The average molecular weight is 463 g/mol. The number of pyridine rings is 1. The van der Waals surface area contributed by atoms with E-state index >= 15 is 0 Å². The Hall–Kier alpha value is -3.72. The highest BCUT2D eigenvalue weighted by Gasteiger charge is 2.21. The molecule has 0 radical (unpaired) electrons. The monoisotopic (exact) mass is 462 g/mol. The number of carbonyl (C=O) groups is 1. The van der Waals surface area contributed by atoms with Gasteiger partial charge in [0.25, 0.3) is 0 Å². The van der Waals surface area contributed by atoms with E-state index < -0.39 is 0 Å². The zero-order valence-corrected chi connectivity index (χ0v) is 18.8. The zero-order valence-electron chi connectivity index (χ0n) is 18.0. The molecule has 0 atom stereocenters. The highest BCUT2D eigenvalue weighted by molar-refractivity contribution is 6.35. The van der Waals surface area contributed by atoms with Gasteiger partial charge < -0.3 is 11.1 Å². The van der Waals surface area contributed by atoms with Gasteiger partial charge in [-0.3, -0.25) is 15.0 Å². The number of urea groups is 1. The second kappa shape index (κ2) is 8.67. The molecule has 4 N–H and O–H groups in total. The van der Waals surface area contributed by atoms with Crippen molar-refractivity contribution < 1.29 is 4.79 Å². The maximum absolute atomic E-state index is 12.5. The van der Waals surface area contributed by atoms with Crippen LogP contribution in [0.15, 0.2) is 42.7 Å². The third kappa shape index (κ3) is 4.31. The van der Waals surface area contributed by atoms with Crippen molar-refractivity contribution >= 4 is 40.2 Å². The molecule has 33 heavy (non-hydrogen) atoms. The lowest BCUT2D eigenvalue weighted by Gasteiger charge is -2.25. The van der Waals surface area contributed by atoms with Gasteiger partial charge in [-0.05, 0) is 43.0 Å². The Morgan fingerprint density at radius 3 is 2.82 bits per heavy atom. The van der Waals surface area contributed by atoms with Crippen molar-refractivity contribution in [2.75, 3.05) is 17.6 Å². The number of benzene rings is 1. The number of nitrogen functional groups attached to an aromatic ring is 1. The van der Waals surface area contributed by atoms with Gasteiger partial charge in [0, 0.05) is 36.9 Å². The molecule has 1 fully saturated rings. The molecule has 4 aromatic rings. The number of rotatable bonds is 5. The van der Waals surface area contributed by atoms with Crippen molar-refractivity contribution in [1.82, 2.24) is 30.0 Å². The quantitative estimate of drug-likeness (QED) is 0.407. The van der Waals surface area contributed by atoms with Gasteiger partial charge in [0.15, 0.2) is 11.6 Å². The third-order valence-corrected chi connectivity index (χ3v) is 6.11. The standard InChI is InChI=1S/C23H23ClN8O/c1-32-9-7-17(31-32)20-19(15-10-14-6-3-8-26-18(14)16(24)11-15)29-22(21(25)28-20)30-23(33)27-12-13-4-2-5-13/h3,6-11,13H,2,4-5,12H2,1H3,(H2,25,28)(H2,27,29,30,33). The Labute approximate surface area is 195 Å². The number of anilines is 2. The van der Waals surface area contributed by atoms with Gasteiger partial charge in [0.2, 0.25) is 0 Å². The summed E-state index contributed by atoms with van der Waals surface area (Å²) in [7, 11) is 1.82. The predicted molar refractivity (Wildman–Crippen MR) is 129 cm³/mol. The van der Waals surface area contributed by atoms with Crippen LogP contribution in [0.1, 0.15) is 19.3 Å². The SMILES string of the molecule is Cn1ccc(-c2nc(N)c(NC(=O)NCC3CCC3)nc2-c2cc(Cl)c3ncccc3c2)n1. The van der Waals surface area contributed by atoms with Gasteiger partial charge >= 0.3 is 6.03 Å². The van der Waals surface area contributed by atoms with Crippen LogP contribution in [0.4, 0.5) is 16.4 Å². The van der Waals surface area contributed by atoms with Crippen LogP contribution in [-0.2, 0) is 7.05 Å². The summed E-state index contributed by atoms with van der Waals surface area (Å²) >= 11 is 6.53. The average Bonchev–Trinajstić information content (AvgIpc) is 3.20. The van der Waals surface area contributed by atoms with E-state index in [4.69, 9.17) is 17.3 Å². The molecule has 1 aromatic carbocycles. The summed E-state index contributed by atoms with van der Waals surface area (Å²) in [6, 6.07) is 8.95. The summed E-state index contributed by atoms with van der Waals surface area (Å²) in [5.41, 5.74) is 9.20. The fraction of sp³-hybridized carbons (Fsp3) is 0.261. The van der Waals surface area contributed by atoms with Gasteiger partial charge in [0.05, 0.1) is 10.5 Å². The number of halogens is 1. The molecular weight excluding hydrogens is 440 g/mol. The Morgan fingerprint density at radius 2 is 2.09 bits per heavy atom. The zero-order chi connectivity index (χ0) is 22.9. The van der Waals surface area contributed by atoms with Crippen LogP contribution in [0.2, 0.25) is 5.02 Å². The summed E-state index contributed by atoms with van der Waals surface area (Å²) in [5, 5.41) is 11.4. The first-order valence-corrected chi connectivity index (χ1v) is 11.1. The normalized spacial score (nSPS) is 13.6. The maximum atomic E-state index is 12.5. The van der Waals surface area contributed by atoms with E-state index in [0.29, 0.717) is 45.6 Å². The number of nitrogens with one attached hydrogen (secondary N) is 2. The van der Waals surface area contributed by atoms with Crippen LogP contribution in [-0.4, -0.2) is 37.3 Å². The minimum Gasteiger partial charge on any atom is -0.381 e. The fourth-order valence-electron chi connectivity index (χ4n) is 3.83. The van der Waals surface area contributed by atoms with Gasteiger partial charge in [-0.2, -0.15) is 5.10 Å². The number of nitrogens with two attached hydrogens (primary N) is 1. The second-order valence-corrected chi connectivity index (χ2v) is 8.60. The Balaban J connectivity index is 1.56. The largest absolute Gasteiger partial charge is 0.381 e. The topological polar surface area (TPSA) is 124 Å². The molecule has 2 amide bonds. The van der Waals surface area contributed by atoms with Crippen molar-refractivity contribution in [3.8, 4) is 22.6 Å². The van der Waals surface area contributed by atoms with E-state index in [0.717, 1.165) is 18.2 Å². The summed E-state index contributed by atoms with van der Waals surface area (Å²) in [4.78, 5) is 26.0. The molecular formula is C23H23ClN8O. The molecule has 0 aliphatic heterocycles. The first-order chi connectivity index (χ1) is 16.0. The number of hydrogen-bond acceptors (Lipinski definition) is 6. The molecule has 3 aromatic heterocycles. The number of nitrogens with zero attached hydrogens (tertiary/aromatic N) is 5. The number of hydrogen-bond donors (Lipinski definition) is 3. The van der Waals surface area contributed by atoms with Gasteiger partial charge in [-0.25, -0.2) is 14.8 Å². The predicted octanol–water partition coefficient (Wildman–Crippen LogP) is 4.25. The van der Waals surface area contributed by atoms with E-state index in [1.54, 1.807) is 16.9 Å². The van der Waals surface area contributed by atoms with E-state index in [1.807, 2.05) is 37.5 Å². The van der Waals surface area contributed by atoms with Crippen molar-refractivity contribution in [3.05, 3.63) is 47.7 Å². The molecule has 168 valence electrons. The van der Waals surface area contributed by atoms with Crippen molar-refractivity contribution in [1.29, 1.82) is 0 Å². The highest BCUT2D eigenvalue weighted by atomic mass is 35.5. The summed E-state index contributed by atoms with van der Waals surface area (Å²) in [6.45, 7) is 0.630. The van der Waals surface area contributed by atoms with Crippen LogP contribution in [0.25, 0.3) is 33.5 Å². The molecule has 10 heteroatoms. The van der Waals surface area contributed by atoms with Gasteiger partial charge in [-0.15, -0.1) is 0 Å². The third-order valence-electron chi connectivity index (χ3n) is 5.82. The molecule has 5 rings (SSSR count). The number of amides is 2. The van der Waals surface area contributed by atoms with Gasteiger partial charge in [-0.1, -0.05) is 24.1 Å². The molecule has 0 saturated heterocycles. The molecule has 0 unspecified atom stereocenters. The lowest BCUT2D eigenvalue weighted by molar-refractivity contribution is 0.243. The number of aromatic nitrogens is 5. The van der Waals surface area contributed by atoms with E-state index in [9.17, 15) is 4.79 Å². The Morgan fingerprint density at radius 1 is 1.24 bits per heavy atom. The highest BCUT2D eigenvalue weighted by Crippen LogP contribution is 2.35. The summed E-state index contributed by atoms with van der Waals surface area (Å²) < 4.78 is 1.67. The van der Waals surface area contributed by atoms with Crippen LogP contribution in [0, 0.1) is 5.92 Å². The van der Waals surface area contributed by atoms with Crippen LogP contribution < -0.4 is 16.4 Å². The fourth-order valence-corrected chi connectivity index (χ4v) is 4.11. The van der Waals surface area contributed by atoms with Crippen LogP contribution >= 0.6 is 11.6 Å².